The van der Waals surface area contributed by atoms with Gasteiger partial charge in [-0.1, -0.05) is 24.3 Å². The van der Waals surface area contributed by atoms with Crippen molar-refractivity contribution < 1.29 is 27.8 Å². The van der Waals surface area contributed by atoms with Gasteiger partial charge in [-0.05, 0) is 19.1 Å². The maximum Gasteiger partial charge on any atom is 0.436 e. The molecule has 0 saturated carbocycles. The summed E-state index contributed by atoms with van der Waals surface area (Å²) in [5.74, 6) is -2.20. The minimum Gasteiger partial charge on any atom is -0.478 e. The molecule has 0 aliphatic rings. The normalized spacial score (nSPS) is 11.8. The number of ether oxygens (including phenoxy) is 1. The summed E-state index contributed by atoms with van der Waals surface area (Å²) in [7, 11) is 0. The van der Waals surface area contributed by atoms with Gasteiger partial charge in [0.15, 0.2) is 0 Å². The van der Waals surface area contributed by atoms with Crippen molar-refractivity contribution in [1.82, 2.24) is 0 Å². The molecule has 1 aromatic carbocycles. The molecular weight excluding hydrogens is 249 g/mol. The van der Waals surface area contributed by atoms with Gasteiger partial charge in [-0.25, -0.2) is 4.79 Å². The summed E-state index contributed by atoms with van der Waals surface area (Å²) in [6, 6.07) is 6.98. The van der Waals surface area contributed by atoms with Gasteiger partial charge in [0.2, 0.25) is 0 Å². The first-order chi connectivity index (χ1) is 8.32. The molecule has 18 heavy (non-hydrogen) atoms. The van der Waals surface area contributed by atoms with E-state index < -0.39 is 18.2 Å². The lowest BCUT2D eigenvalue weighted by Crippen LogP contribution is -2.41. The predicted octanol–water partition coefficient (Wildman–Crippen LogP) is 3.27. The number of carboxylic acid groups (broad SMARTS) is 1. The zero-order chi connectivity index (χ0) is 14.2. The van der Waals surface area contributed by atoms with Crippen molar-refractivity contribution in [2.45, 2.75) is 19.2 Å². The molecule has 1 aromatic rings. The van der Waals surface area contributed by atoms with Gasteiger partial charge in [0.05, 0.1) is 0 Å². The summed E-state index contributed by atoms with van der Waals surface area (Å²) < 4.78 is 40.8. The standard InChI is InChI=1S/C9H7F3O3.C3H6/c10-9(11,12)7(8(13)14)15-6-4-2-1-3-5-6;1-3-2/h1-5,7H,(H,13,14);3H,1H2,2H3. The van der Waals surface area contributed by atoms with Gasteiger partial charge in [0.25, 0.3) is 6.10 Å². The van der Waals surface area contributed by atoms with Gasteiger partial charge >= 0.3 is 12.1 Å². The molecule has 1 unspecified atom stereocenters. The van der Waals surface area contributed by atoms with Gasteiger partial charge in [0.1, 0.15) is 5.75 Å². The largest absolute Gasteiger partial charge is 0.478 e. The van der Waals surface area contributed by atoms with E-state index >= 15 is 0 Å². The van der Waals surface area contributed by atoms with Crippen LogP contribution in [-0.4, -0.2) is 23.4 Å². The van der Waals surface area contributed by atoms with Crippen molar-refractivity contribution in [1.29, 1.82) is 0 Å². The summed E-state index contributed by atoms with van der Waals surface area (Å²) in [6.07, 6.45) is -6.01. The van der Waals surface area contributed by atoms with Crippen molar-refractivity contribution in [3.63, 3.8) is 0 Å². The van der Waals surface area contributed by atoms with E-state index in [0.29, 0.717) is 0 Å². The highest BCUT2D eigenvalue weighted by Crippen LogP contribution is 2.25. The molecule has 0 aliphatic heterocycles. The van der Waals surface area contributed by atoms with Crippen LogP contribution in [0.3, 0.4) is 0 Å². The Hall–Kier alpha value is -1.98. The Morgan fingerprint density at radius 3 is 2.17 bits per heavy atom. The van der Waals surface area contributed by atoms with Crippen LogP contribution in [0.4, 0.5) is 13.2 Å². The lowest BCUT2D eigenvalue weighted by atomic mass is 10.3. The Labute approximate surface area is 103 Å². The first kappa shape index (κ1) is 16.0. The number of benzene rings is 1. The van der Waals surface area contributed by atoms with E-state index in [2.05, 4.69) is 11.3 Å². The molecule has 0 amide bonds. The number of aliphatic carboxylic acids is 1. The predicted molar refractivity (Wildman–Crippen MR) is 60.4 cm³/mol. The molecule has 1 N–H and O–H groups in total. The minimum absolute atomic E-state index is 0.137. The molecule has 0 saturated heterocycles. The molecule has 1 atom stereocenters. The van der Waals surface area contributed by atoms with Gasteiger partial charge in [-0.3, -0.25) is 0 Å². The average Bonchev–Trinajstić information content (AvgIpc) is 2.26. The number of hydrogen-bond donors (Lipinski definition) is 1. The van der Waals surface area contributed by atoms with Crippen molar-refractivity contribution in [3.05, 3.63) is 43.0 Å². The summed E-state index contributed by atoms with van der Waals surface area (Å²) >= 11 is 0. The van der Waals surface area contributed by atoms with Crippen molar-refractivity contribution >= 4 is 5.97 Å². The first-order valence-electron chi connectivity index (χ1n) is 4.91. The number of alkyl halides is 3. The Bertz CT molecular complexity index is 374. The molecule has 100 valence electrons. The van der Waals surface area contributed by atoms with E-state index in [9.17, 15) is 18.0 Å². The fourth-order valence-corrected chi connectivity index (χ4v) is 0.892. The Kier molecular flexibility index (Phi) is 6.56. The van der Waals surface area contributed by atoms with Gasteiger partial charge in [-0.15, -0.1) is 6.58 Å². The van der Waals surface area contributed by atoms with Crippen LogP contribution < -0.4 is 4.74 Å². The molecule has 0 bridgehead atoms. The average molecular weight is 262 g/mol. The lowest BCUT2D eigenvalue weighted by Gasteiger charge is -2.17. The van der Waals surface area contributed by atoms with Gasteiger partial charge in [0, 0.05) is 0 Å². The maximum absolute atomic E-state index is 12.2. The number of para-hydroxylation sites is 1. The van der Waals surface area contributed by atoms with Gasteiger partial charge < -0.3 is 9.84 Å². The van der Waals surface area contributed by atoms with Crippen molar-refractivity contribution in [2.75, 3.05) is 0 Å². The van der Waals surface area contributed by atoms with E-state index in [1.165, 1.54) is 24.3 Å². The highest BCUT2D eigenvalue weighted by atomic mass is 19.4. The Morgan fingerprint density at radius 1 is 1.39 bits per heavy atom. The number of rotatable bonds is 3. The molecule has 1 rings (SSSR count). The molecule has 0 aliphatic carbocycles. The van der Waals surface area contributed by atoms with Crippen LogP contribution in [-0.2, 0) is 4.79 Å². The summed E-state index contributed by atoms with van der Waals surface area (Å²) in [6.45, 7) is 5.25. The van der Waals surface area contributed by atoms with Crippen LogP contribution in [0.25, 0.3) is 0 Å². The monoisotopic (exact) mass is 262 g/mol. The second kappa shape index (κ2) is 7.37. The van der Waals surface area contributed by atoms with Crippen LogP contribution in [0.1, 0.15) is 6.92 Å². The van der Waals surface area contributed by atoms with Gasteiger partial charge in [-0.2, -0.15) is 13.2 Å². The quantitative estimate of drug-likeness (QED) is 0.850. The SMILES string of the molecule is C=CC.O=C(O)C(Oc1ccccc1)C(F)(F)F. The number of carbonyl (C=O) groups is 1. The van der Waals surface area contributed by atoms with Crippen LogP contribution in [0, 0.1) is 0 Å². The molecular formula is C12H13F3O3. The summed E-state index contributed by atoms with van der Waals surface area (Å²) in [5, 5.41) is 8.33. The summed E-state index contributed by atoms with van der Waals surface area (Å²) in [5.41, 5.74) is 0. The molecule has 0 aromatic heterocycles. The zero-order valence-corrected chi connectivity index (χ0v) is 9.65. The van der Waals surface area contributed by atoms with Crippen LogP contribution in [0.2, 0.25) is 0 Å². The fourth-order valence-electron chi connectivity index (χ4n) is 0.892. The Morgan fingerprint density at radius 2 is 1.83 bits per heavy atom. The van der Waals surface area contributed by atoms with Crippen LogP contribution in [0.15, 0.2) is 43.0 Å². The molecule has 0 heterocycles. The Balaban J connectivity index is 0.000000873. The van der Waals surface area contributed by atoms with Crippen LogP contribution >= 0.6 is 0 Å². The lowest BCUT2D eigenvalue weighted by molar-refractivity contribution is -0.207. The van der Waals surface area contributed by atoms with Crippen LogP contribution in [0.5, 0.6) is 5.75 Å². The number of halogens is 3. The second-order valence-electron chi connectivity index (χ2n) is 3.10. The smallest absolute Gasteiger partial charge is 0.436 e. The third-order valence-corrected chi connectivity index (χ3v) is 1.52. The van der Waals surface area contributed by atoms with E-state index in [-0.39, 0.29) is 5.75 Å². The number of allylic oxidation sites excluding steroid dienone is 1. The zero-order valence-electron chi connectivity index (χ0n) is 9.65. The van der Waals surface area contributed by atoms with E-state index in [0.717, 1.165) is 0 Å². The first-order valence-corrected chi connectivity index (χ1v) is 4.91. The van der Waals surface area contributed by atoms with E-state index in [1.807, 2.05) is 6.92 Å². The maximum atomic E-state index is 12.2. The summed E-state index contributed by atoms with van der Waals surface area (Å²) in [4.78, 5) is 10.3. The van der Waals surface area contributed by atoms with E-state index in [1.54, 1.807) is 12.1 Å². The number of carboxylic acids is 1. The third-order valence-electron chi connectivity index (χ3n) is 1.52. The molecule has 6 heteroatoms. The highest BCUT2D eigenvalue weighted by Gasteiger charge is 2.47. The second-order valence-corrected chi connectivity index (χ2v) is 3.10. The van der Waals surface area contributed by atoms with Crippen molar-refractivity contribution in [3.8, 4) is 5.75 Å². The highest BCUT2D eigenvalue weighted by molar-refractivity contribution is 5.73. The number of hydrogen-bond acceptors (Lipinski definition) is 2. The molecule has 0 radical (unpaired) electrons. The van der Waals surface area contributed by atoms with Crippen molar-refractivity contribution in [2.24, 2.45) is 0 Å². The topological polar surface area (TPSA) is 46.5 Å². The fraction of sp³-hybridized carbons (Fsp3) is 0.250. The van der Waals surface area contributed by atoms with E-state index in [4.69, 9.17) is 5.11 Å². The molecule has 0 fully saturated rings. The molecule has 3 nitrogen and oxygen atoms in total. The molecule has 0 spiro atoms. The minimum atomic E-state index is -4.93. The third kappa shape index (κ3) is 5.93.